The van der Waals surface area contributed by atoms with Crippen molar-refractivity contribution in [2.45, 2.75) is 13.5 Å². The van der Waals surface area contributed by atoms with E-state index < -0.39 is 0 Å². The van der Waals surface area contributed by atoms with Crippen molar-refractivity contribution in [3.8, 4) is 11.5 Å². The predicted octanol–water partition coefficient (Wildman–Crippen LogP) is 2.95. The van der Waals surface area contributed by atoms with Crippen molar-refractivity contribution in [3.63, 3.8) is 0 Å². The highest BCUT2D eigenvalue weighted by Crippen LogP contribution is 2.23. The minimum absolute atomic E-state index is 0.223. The lowest BCUT2D eigenvalue weighted by atomic mass is 10.2. The molecule has 3 rings (SSSR count). The fourth-order valence-electron chi connectivity index (χ4n) is 2.03. The number of hydrogen-bond donors (Lipinski definition) is 2. The normalized spacial score (nSPS) is 10.6. The molecule has 3 aromatic rings. The number of carbonyl (C=O) groups is 1. The van der Waals surface area contributed by atoms with Gasteiger partial charge in [0.25, 0.3) is 5.91 Å². The molecule has 112 valence electrons. The molecule has 0 saturated heterocycles. The van der Waals surface area contributed by atoms with Gasteiger partial charge in [-0.2, -0.15) is 0 Å². The van der Waals surface area contributed by atoms with E-state index in [2.05, 4.69) is 10.3 Å². The van der Waals surface area contributed by atoms with Crippen molar-refractivity contribution in [2.75, 3.05) is 5.32 Å². The number of anilines is 1. The third-order valence-corrected chi connectivity index (χ3v) is 3.26. The summed E-state index contributed by atoms with van der Waals surface area (Å²) >= 11 is 0. The van der Waals surface area contributed by atoms with Crippen molar-refractivity contribution >= 4 is 11.6 Å². The predicted molar refractivity (Wildman–Crippen MR) is 81.2 cm³/mol. The van der Waals surface area contributed by atoms with E-state index in [4.69, 9.17) is 14.6 Å². The molecule has 0 aliphatic heterocycles. The van der Waals surface area contributed by atoms with Gasteiger partial charge in [0.2, 0.25) is 5.89 Å². The van der Waals surface area contributed by atoms with Crippen LogP contribution in [-0.4, -0.2) is 10.9 Å². The van der Waals surface area contributed by atoms with Gasteiger partial charge in [-0.15, -0.1) is 0 Å². The van der Waals surface area contributed by atoms with Gasteiger partial charge >= 0.3 is 0 Å². The Morgan fingerprint density at radius 1 is 1.27 bits per heavy atom. The average molecular weight is 297 g/mol. The van der Waals surface area contributed by atoms with E-state index in [0.717, 1.165) is 17.0 Å². The van der Waals surface area contributed by atoms with E-state index in [1.165, 1.54) is 12.5 Å². The molecule has 6 nitrogen and oxygen atoms in total. The zero-order valence-electron chi connectivity index (χ0n) is 12.0. The minimum atomic E-state index is -0.223. The summed E-state index contributed by atoms with van der Waals surface area (Å²) in [5.74, 6) is 1.01. The zero-order valence-corrected chi connectivity index (χ0v) is 12.0. The Labute approximate surface area is 126 Å². The molecule has 0 saturated carbocycles. The van der Waals surface area contributed by atoms with E-state index >= 15 is 0 Å². The number of furan rings is 1. The summed E-state index contributed by atoms with van der Waals surface area (Å²) in [7, 11) is 0. The maximum atomic E-state index is 11.9. The number of carbonyl (C=O) groups excluding carboxylic acids is 1. The van der Waals surface area contributed by atoms with Gasteiger partial charge in [0.1, 0.15) is 12.0 Å². The number of amides is 1. The second kappa shape index (κ2) is 5.87. The van der Waals surface area contributed by atoms with Crippen LogP contribution in [0.5, 0.6) is 0 Å². The van der Waals surface area contributed by atoms with Gasteiger partial charge in [-0.3, -0.25) is 4.79 Å². The molecule has 0 aliphatic carbocycles. The van der Waals surface area contributed by atoms with E-state index in [0.29, 0.717) is 23.7 Å². The van der Waals surface area contributed by atoms with Gasteiger partial charge in [0.05, 0.1) is 17.5 Å². The maximum Gasteiger partial charge on any atom is 0.258 e. The monoisotopic (exact) mass is 297 g/mol. The van der Waals surface area contributed by atoms with E-state index in [-0.39, 0.29) is 5.91 Å². The highest BCUT2D eigenvalue weighted by molar-refractivity contribution is 6.04. The highest BCUT2D eigenvalue weighted by atomic mass is 16.4. The topological polar surface area (TPSA) is 94.3 Å². The molecule has 0 aliphatic rings. The number of rotatable bonds is 4. The summed E-state index contributed by atoms with van der Waals surface area (Å²) in [6, 6.07) is 8.84. The van der Waals surface area contributed by atoms with Gasteiger partial charge < -0.3 is 19.9 Å². The fraction of sp³-hybridized carbons (Fsp3) is 0.125. The molecule has 2 aromatic heterocycles. The van der Waals surface area contributed by atoms with Crippen LogP contribution in [0.15, 0.2) is 51.7 Å². The Bertz CT molecular complexity index is 774. The number of benzene rings is 1. The lowest BCUT2D eigenvalue weighted by Gasteiger charge is -2.04. The smallest absolute Gasteiger partial charge is 0.258 e. The molecule has 0 fully saturated rings. The second-order valence-electron chi connectivity index (χ2n) is 4.77. The largest absolute Gasteiger partial charge is 0.472 e. The number of hydrogen-bond acceptors (Lipinski definition) is 5. The third kappa shape index (κ3) is 2.77. The molecular weight excluding hydrogens is 282 g/mol. The number of aryl methyl sites for hydroxylation is 1. The summed E-state index contributed by atoms with van der Waals surface area (Å²) in [5.41, 5.74) is 8.31. The molecule has 0 spiro atoms. The quantitative estimate of drug-likeness (QED) is 0.772. The molecule has 1 aromatic carbocycles. The average Bonchev–Trinajstić information content (AvgIpc) is 3.17. The molecule has 22 heavy (non-hydrogen) atoms. The first-order chi connectivity index (χ1) is 10.7. The molecule has 0 atom stereocenters. The van der Waals surface area contributed by atoms with E-state index in [1.54, 1.807) is 18.2 Å². The molecule has 0 bridgehead atoms. The molecule has 6 heteroatoms. The van der Waals surface area contributed by atoms with Crippen LogP contribution < -0.4 is 11.1 Å². The summed E-state index contributed by atoms with van der Waals surface area (Å²) < 4.78 is 10.5. The Morgan fingerprint density at radius 3 is 2.64 bits per heavy atom. The Kier molecular flexibility index (Phi) is 3.76. The van der Waals surface area contributed by atoms with Crippen LogP contribution >= 0.6 is 0 Å². The molecule has 0 radical (unpaired) electrons. The lowest BCUT2D eigenvalue weighted by Crippen LogP contribution is -2.10. The van der Waals surface area contributed by atoms with E-state index in [1.807, 2.05) is 19.1 Å². The molecule has 0 unspecified atom stereocenters. The number of nitrogens with two attached hydrogens (primary N) is 1. The van der Waals surface area contributed by atoms with Gasteiger partial charge in [0, 0.05) is 17.8 Å². The third-order valence-electron chi connectivity index (χ3n) is 3.26. The van der Waals surface area contributed by atoms with Crippen LogP contribution in [0.1, 0.15) is 21.8 Å². The standard InChI is InChI=1S/C16H15N3O3/c1-10-14(8-17)19-16(22-10)11-2-4-13(5-3-11)18-15(20)12-6-7-21-9-12/h2-7,9H,8,17H2,1H3,(H,18,20). The number of nitrogens with zero attached hydrogens (tertiary/aromatic N) is 1. The minimum Gasteiger partial charge on any atom is -0.472 e. The van der Waals surface area contributed by atoms with Crippen LogP contribution in [0, 0.1) is 6.92 Å². The molecule has 2 heterocycles. The van der Waals surface area contributed by atoms with Crippen molar-refractivity contribution < 1.29 is 13.6 Å². The number of nitrogens with one attached hydrogen (secondary N) is 1. The first-order valence-corrected chi connectivity index (χ1v) is 6.77. The highest BCUT2D eigenvalue weighted by Gasteiger charge is 2.11. The van der Waals surface area contributed by atoms with Crippen LogP contribution in [-0.2, 0) is 6.54 Å². The number of aromatic nitrogens is 1. The van der Waals surface area contributed by atoms with Crippen LogP contribution in [0.3, 0.4) is 0 Å². The SMILES string of the molecule is Cc1oc(-c2ccc(NC(=O)c3ccoc3)cc2)nc1CN. The Morgan fingerprint density at radius 2 is 2.05 bits per heavy atom. The summed E-state index contributed by atoms with van der Waals surface area (Å²) in [6.07, 6.45) is 2.85. The van der Waals surface area contributed by atoms with Gasteiger partial charge in [0.15, 0.2) is 0 Å². The lowest BCUT2D eigenvalue weighted by molar-refractivity contribution is 0.102. The first-order valence-electron chi connectivity index (χ1n) is 6.77. The second-order valence-corrected chi connectivity index (χ2v) is 4.77. The van der Waals surface area contributed by atoms with Crippen LogP contribution in [0.4, 0.5) is 5.69 Å². The summed E-state index contributed by atoms with van der Waals surface area (Å²) in [4.78, 5) is 16.2. The van der Waals surface area contributed by atoms with E-state index in [9.17, 15) is 4.79 Å². The molecule has 3 N–H and O–H groups in total. The van der Waals surface area contributed by atoms with Crippen molar-refractivity contribution in [2.24, 2.45) is 5.73 Å². The van der Waals surface area contributed by atoms with Crippen LogP contribution in [0.2, 0.25) is 0 Å². The maximum absolute atomic E-state index is 11.9. The fourth-order valence-corrected chi connectivity index (χ4v) is 2.03. The Hall–Kier alpha value is -2.86. The summed E-state index contributed by atoms with van der Waals surface area (Å²) in [5, 5.41) is 2.78. The van der Waals surface area contributed by atoms with Gasteiger partial charge in [-0.05, 0) is 37.3 Å². The Balaban J connectivity index is 1.76. The molecule has 1 amide bonds. The number of oxazole rings is 1. The van der Waals surface area contributed by atoms with Gasteiger partial charge in [-0.1, -0.05) is 0 Å². The van der Waals surface area contributed by atoms with Crippen LogP contribution in [0.25, 0.3) is 11.5 Å². The first kappa shape index (κ1) is 14.1. The zero-order chi connectivity index (χ0) is 15.5. The van der Waals surface area contributed by atoms with Crippen molar-refractivity contribution in [3.05, 3.63) is 59.9 Å². The van der Waals surface area contributed by atoms with Gasteiger partial charge in [-0.25, -0.2) is 4.98 Å². The summed E-state index contributed by atoms with van der Waals surface area (Å²) in [6.45, 7) is 2.17. The molecular formula is C16H15N3O3. The van der Waals surface area contributed by atoms with Crippen molar-refractivity contribution in [1.29, 1.82) is 0 Å². The van der Waals surface area contributed by atoms with Crippen molar-refractivity contribution in [1.82, 2.24) is 4.98 Å².